The van der Waals surface area contributed by atoms with E-state index in [9.17, 15) is 14.9 Å². The number of benzene rings is 1. The van der Waals surface area contributed by atoms with E-state index in [4.69, 9.17) is 35.3 Å². The van der Waals surface area contributed by atoms with Gasteiger partial charge in [0.05, 0.1) is 25.5 Å². The molecule has 1 aromatic heterocycles. The van der Waals surface area contributed by atoms with E-state index < -0.39 is 35.7 Å². The number of aromatic nitrogens is 1. The first-order valence-electron chi connectivity index (χ1n) is 10.2. The van der Waals surface area contributed by atoms with Crippen molar-refractivity contribution in [3.05, 3.63) is 68.0 Å². The summed E-state index contributed by atoms with van der Waals surface area (Å²) in [7, 11) is 0. The Balaban J connectivity index is 1.28. The molecule has 0 amide bonds. The van der Waals surface area contributed by atoms with Gasteiger partial charge in [0.1, 0.15) is 18.3 Å². The van der Waals surface area contributed by atoms with Gasteiger partial charge in [-0.15, -0.1) is 10.1 Å². The fourth-order valence-corrected chi connectivity index (χ4v) is 4.42. The predicted molar refractivity (Wildman–Crippen MR) is 109 cm³/mol. The summed E-state index contributed by atoms with van der Waals surface area (Å²) in [6.45, 7) is 1.92. The summed E-state index contributed by atoms with van der Waals surface area (Å²) in [6.07, 6.45) is -2.66. The highest BCUT2D eigenvalue weighted by Crippen LogP contribution is 2.41. The SMILES string of the molecule is Cc1ncc2c(c1OC(=O)O[C@H]1CO[C@H]3[C@@H]1OC[C@@H]3O[N+](=O)[O-])COC2c1ccc(Cl)cc1. The zero-order valence-electron chi connectivity index (χ0n) is 17.3. The van der Waals surface area contributed by atoms with Gasteiger partial charge in [-0.3, -0.25) is 4.98 Å². The third-order valence-electron chi connectivity index (χ3n) is 5.82. The van der Waals surface area contributed by atoms with E-state index >= 15 is 0 Å². The Morgan fingerprint density at radius 3 is 2.58 bits per heavy atom. The molecule has 0 spiro atoms. The van der Waals surface area contributed by atoms with Gasteiger partial charge < -0.3 is 28.5 Å². The average molecular weight is 479 g/mol. The van der Waals surface area contributed by atoms with Crippen molar-refractivity contribution in [2.75, 3.05) is 13.2 Å². The van der Waals surface area contributed by atoms with Gasteiger partial charge in [-0.05, 0) is 24.6 Å². The second-order valence-electron chi connectivity index (χ2n) is 7.82. The van der Waals surface area contributed by atoms with E-state index in [1.54, 1.807) is 25.3 Å². The van der Waals surface area contributed by atoms with Gasteiger partial charge >= 0.3 is 6.16 Å². The van der Waals surface area contributed by atoms with Crippen molar-refractivity contribution < 1.29 is 38.4 Å². The van der Waals surface area contributed by atoms with Crippen LogP contribution >= 0.6 is 11.6 Å². The molecule has 1 aromatic carbocycles. The van der Waals surface area contributed by atoms with Crippen LogP contribution in [0.5, 0.6) is 5.75 Å². The van der Waals surface area contributed by atoms with E-state index in [1.165, 1.54) is 0 Å². The number of hydrogen-bond donors (Lipinski definition) is 0. The average Bonchev–Trinajstić information content (AvgIpc) is 3.48. The lowest BCUT2D eigenvalue weighted by molar-refractivity contribution is -0.769. The lowest BCUT2D eigenvalue weighted by Crippen LogP contribution is -2.36. The van der Waals surface area contributed by atoms with Crippen molar-refractivity contribution in [3.8, 4) is 5.75 Å². The fourth-order valence-electron chi connectivity index (χ4n) is 4.29. The van der Waals surface area contributed by atoms with E-state index in [0.29, 0.717) is 16.3 Å². The largest absolute Gasteiger partial charge is 0.514 e. The lowest BCUT2D eigenvalue weighted by atomic mass is 10.0. The van der Waals surface area contributed by atoms with Crippen LogP contribution in [0.4, 0.5) is 4.79 Å². The monoisotopic (exact) mass is 478 g/mol. The van der Waals surface area contributed by atoms with Crippen LogP contribution in [0.2, 0.25) is 5.02 Å². The molecule has 3 aliphatic rings. The first-order chi connectivity index (χ1) is 15.9. The second kappa shape index (κ2) is 8.75. The minimum atomic E-state index is -0.959. The van der Waals surface area contributed by atoms with Gasteiger partial charge in [-0.2, -0.15) is 0 Å². The molecule has 0 bridgehead atoms. The summed E-state index contributed by atoms with van der Waals surface area (Å²) in [5, 5.41) is 10.3. The van der Waals surface area contributed by atoms with Crippen LogP contribution in [0.1, 0.15) is 28.5 Å². The van der Waals surface area contributed by atoms with Gasteiger partial charge in [0.15, 0.2) is 18.0 Å². The van der Waals surface area contributed by atoms with Gasteiger partial charge in [0.2, 0.25) is 0 Å². The minimum Gasteiger partial charge on any atom is -0.425 e. The van der Waals surface area contributed by atoms with Crippen molar-refractivity contribution in [1.29, 1.82) is 0 Å². The van der Waals surface area contributed by atoms with Crippen LogP contribution in [0.25, 0.3) is 0 Å². The summed E-state index contributed by atoms with van der Waals surface area (Å²) < 4.78 is 27.8. The van der Waals surface area contributed by atoms with Gasteiger partial charge in [0.25, 0.3) is 5.09 Å². The van der Waals surface area contributed by atoms with Gasteiger partial charge in [-0.25, -0.2) is 4.79 Å². The Morgan fingerprint density at radius 1 is 1.15 bits per heavy atom. The highest BCUT2D eigenvalue weighted by molar-refractivity contribution is 6.30. The molecule has 33 heavy (non-hydrogen) atoms. The Morgan fingerprint density at radius 2 is 1.85 bits per heavy atom. The van der Waals surface area contributed by atoms with E-state index in [-0.39, 0.29) is 31.7 Å². The maximum atomic E-state index is 12.6. The van der Waals surface area contributed by atoms with E-state index in [1.807, 2.05) is 12.1 Å². The molecule has 174 valence electrons. The lowest BCUT2D eigenvalue weighted by Gasteiger charge is -2.17. The Bertz CT molecular complexity index is 1080. The Kier molecular flexibility index (Phi) is 5.79. The maximum absolute atomic E-state index is 12.6. The number of halogens is 1. The van der Waals surface area contributed by atoms with Gasteiger partial charge in [-0.1, -0.05) is 23.7 Å². The number of nitrogens with zero attached hydrogens (tertiary/aromatic N) is 2. The number of fused-ring (bicyclic) bond motifs is 2. The smallest absolute Gasteiger partial charge is 0.425 e. The van der Waals surface area contributed by atoms with E-state index in [0.717, 1.165) is 11.1 Å². The molecule has 2 saturated heterocycles. The first kappa shape index (κ1) is 21.8. The third kappa shape index (κ3) is 4.20. The number of pyridine rings is 1. The normalized spacial score (nSPS) is 27.6. The third-order valence-corrected chi connectivity index (χ3v) is 6.07. The molecule has 0 N–H and O–H groups in total. The molecule has 11 nitrogen and oxygen atoms in total. The molecule has 12 heteroatoms. The van der Waals surface area contributed by atoms with Crippen molar-refractivity contribution in [1.82, 2.24) is 4.98 Å². The summed E-state index contributed by atoms with van der Waals surface area (Å²) in [5.74, 6) is 0.270. The number of hydrogen-bond acceptors (Lipinski definition) is 10. The summed E-state index contributed by atoms with van der Waals surface area (Å²) in [4.78, 5) is 32.1. The number of ether oxygens (including phenoxy) is 5. The first-order valence-corrected chi connectivity index (χ1v) is 10.6. The number of rotatable bonds is 5. The highest BCUT2D eigenvalue weighted by atomic mass is 35.5. The van der Waals surface area contributed by atoms with Crippen LogP contribution in [-0.2, 0) is 30.4 Å². The zero-order chi connectivity index (χ0) is 23.1. The zero-order valence-corrected chi connectivity index (χ0v) is 18.1. The molecule has 3 aliphatic heterocycles. The fraction of sp³-hybridized carbons (Fsp3) is 0.429. The molecule has 2 fully saturated rings. The molecular formula is C21H19ClN2O9. The van der Waals surface area contributed by atoms with Crippen molar-refractivity contribution in [3.63, 3.8) is 0 Å². The van der Waals surface area contributed by atoms with E-state index in [2.05, 4.69) is 9.82 Å². The van der Waals surface area contributed by atoms with Crippen LogP contribution in [0, 0.1) is 17.0 Å². The Hall–Kier alpha value is -2.99. The molecular weight excluding hydrogens is 460 g/mol. The van der Waals surface area contributed by atoms with Crippen LogP contribution < -0.4 is 4.74 Å². The maximum Gasteiger partial charge on any atom is 0.514 e. The standard InChI is InChI=1S/C21H19ClN2O9/c1-10-17(14-7-28-18(13(14)6-23-10)11-2-4-12(22)5-3-11)32-21(25)31-15-8-29-20-16(33-24(26)27)9-30-19(15)20/h2-6,15-16,18-20H,7-9H2,1H3/t15-,16-,18?,19+,20+/m0/s1. The number of aryl methyl sites for hydroxylation is 1. The van der Waals surface area contributed by atoms with Crippen molar-refractivity contribution in [2.24, 2.45) is 0 Å². The molecule has 5 rings (SSSR count). The molecule has 0 radical (unpaired) electrons. The second-order valence-corrected chi connectivity index (χ2v) is 8.26. The molecule has 0 aliphatic carbocycles. The summed E-state index contributed by atoms with van der Waals surface area (Å²) >= 11 is 5.98. The van der Waals surface area contributed by atoms with Crippen molar-refractivity contribution >= 4 is 17.8 Å². The molecule has 4 heterocycles. The highest BCUT2D eigenvalue weighted by Gasteiger charge is 2.51. The number of carbonyl (C=O) groups is 1. The van der Waals surface area contributed by atoms with Crippen LogP contribution in [-0.4, -0.2) is 53.9 Å². The number of carbonyl (C=O) groups excluding carboxylic acids is 1. The minimum absolute atomic E-state index is 0.00783. The summed E-state index contributed by atoms with van der Waals surface area (Å²) in [5.41, 5.74) is 2.89. The quantitative estimate of drug-likeness (QED) is 0.359. The molecule has 5 atom stereocenters. The molecule has 2 aromatic rings. The predicted octanol–water partition coefficient (Wildman–Crippen LogP) is 2.92. The summed E-state index contributed by atoms with van der Waals surface area (Å²) in [6, 6.07) is 7.28. The van der Waals surface area contributed by atoms with Crippen molar-refractivity contribution in [2.45, 2.75) is 44.1 Å². The van der Waals surface area contributed by atoms with Crippen LogP contribution in [0.15, 0.2) is 30.5 Å². The molecule has 0 saturated carbocycles. The van der Waals surface area contributed by atoms with Crippen LogP contribution in [0.3, 0.4) is 0 Å². The molecule has 1 unspecified atom stereocenters. The van der Waals surface area contributed by atoms with Gasteiger partial charge in [0, 0.05) is 22.3 Å². The topological polar surface area (TPSA) is 128 Å². The Labute approximate surface area is 192 Å².